The van der Waals surface area contributed by atoms with Gasteiger partial charge in [-0.1, -0.05) is 36.2 Å². The summed E-state index contributed by atoms with van der Waals surface area (Å²) in [4.78, 5) is 0. The molecular formula is C11H15BrO. The lowest BCUT2D eigenvalue weighted by molar-refractivity contribution is 0.256. The van der Waals surface area contributed by atoms with Crippen molar-refractivity contribution in [3.63, 3.8) is 0 Å². The predicted octanol–water partition coefficient (Wildman–Crippen LogP) is 3.87. The standard InChI is InChI=1S/C11H15BrO/c1-3-9(2)8-13-11-6-4-10(12)5-7-11/h4-7,9H,3,8H2,1-2H3. The van der Waals surface area contributed by atoms with Gasteiger partial charge in [-0.3, -0.25) is 0 Å². The van der Waals surface area contributed by atoms with Crippen molar-refractivity contribution in [2.45, 2.75) is 20.3 Å². The molecule has 0 saturated carbocycles. The summed E-state index contributed by atoms with van der Waals surface area (Å²) in [5.41, 5.74) is 0. The summed E-state index contributed by atoms with van der Waals surface area (Å²) < 4.78 is 6.68. The van der Waals surface area contributed by atoms with E-state index in [-0.39, 0.29) is 0 Å². The Morgan fingerprint density at radius 2 is 1.92 bits per heavy atom. The summed E-state index contributed by atoms with van der Waals surface area (Å²) in [6, 6.07) is 7.94. The van der Waals surface area contributed by atoms with Crippen LogP contribution in [0, 0.1) is 5.92 Å². The molecule has 1 aromatic rings. The van der Waals surface area contributed by atoms with Gasteiger partial charge in [-0.15, -0.1) is 0 Å². The molecule has 0 N–H and O–H groups in total. The zero-order valence-corrected chi connectivity index (χ0v) is 9.67. The molecule has 1 rings (SSSR count). The zero-order valence-electron chi connectivity index (χ0n) is 8.09. The molecule has 0 spiro atoms. The lowest BCUT2D eigenvalue weighted by atomic mass is 10.1. The fourth-order valence-electron chi connectivity index (χ4n) is 0.887. The van der Waals surface area contributed by atoms with E-state index in [9.17, 15) is 0 Å². The zero-order chi connectivity index (χ0) is 9.68. The number of hydrogen-bond acceptors (Lipinski definition) is 1. The highest BCUT2D eigenvalue weighted by Gasteiger charge is 1.99. The van der Waals surface area contributed by atoms with E-state index in [0.29, 0.717) is 5.92 Å². The topological polar surface area (TPSA) is 9.23 Å². The van der Waals surface area contributed by atoms with E-state index >= 15 is 0 Å². The minimum absolute atomic E-state index is 0.628. The fraction of sp³-hybridized carbons (Fsp3) is 0.455. The number of hydrogen-bond donors (Lipinski definition) is 0. The summed E-state index contributed by atoms with van der Waals surface area (Å²) in [7, 11) is 0. The molecule has 1 nitrogen and oxygen atoms in total. The number of ether oxygens (including phenoxy) is 1. The molecule has 0 amide bonds. The molecule has 0 aliphatic heterocycles. The van der Waals surface area contributed by atoms with E-state index in [1.807, 2.05) is 24.3 Å². The first-order valence-electron chi connectivity index (χ1n) is 4.60. The van der Waals surface area contributed by atoms with Crippen LogP contribution < -0.4 is 4.74 Å². The Hall–Kier alpha value is -0.500. The highest BCUT2D eigenvalue weighted by Crippen LogP contribution is 2.16. The second-order valence-electron chi connectivity index (χ2n) is 3.28. The monoisotopic (exact) mass is 242 g/mol. The molecule has 2 heteroatoms. The molecule has 0 heterocycles. The van der Waals surface area contributed by atoms with Crippen molar-refractivity contribution in [2.24, 2.45) is 5.92 Å². The van der Waals surface area contributed by atoms with Crippen LogP contribution in [-0.2, 0) is 0 Å². The quantitative estimate of drug-likeness (QED) is 0.779. The van der Waals surface area contributed by atoms with Crippen LogP contribution in [0.1, 0.15) is 20.3 Å². The van der Waals surface area contributed by atoms with E-state index in [0.717, 1.165) is 23.2 Å². The Morgan fingerprint density at radius 3 is 2.46 bits per heavy atom. The van der Waals surface area contributed by atoms with Gasteiger partial charge in [-0.05, 0) is 30.2 Å². The molecule has 1 unspecified atom stereocenters. The van der Waals surface area contributed by atoms with Gasteiger partial charge in [0.25, 0.3) is 0 Å². The van der Waals surface area contributed by atoms with Crippen molar-refractivity contribution in [1.29, 1.82) is 0 Å². The van der Waals surface area contributed by atoms with Gasteiger partial charge in [-0.2, -0.15) is 0 Å². The molecule has 13 heavy (non-hydrogen) atoms. The van der Waals surface area contributed by atoms with Gasteiger partial charge in [0.05, 0.1) is 6.61 Å². The van der Waals surface area contributed by atoms with Crippen LogP contribution in [0.2, 0.25) is 0 Å². The molecule has 0 saturated heterocycles. The minimum atomic E-state index is 0.628. The average Bonchev–Trinajstić information content (AvgIpc) is 2.16. The van der Waals surface area contributed by atoms with Crippen molar-refractivity contribution in [1.82, 2.24) is 0 Å². The Morgan fingerprint density at radius 1 is 1.31 bits per heavy atom. The molecule has 0 radical (unpaired) electrons. The molecular weight excluding hydrogens is 228 g/mol. The largest absolute Gasteiger partial charge is 0.493 e. The van der Waals surface area contributed by atoms with E-state index in [1.165, 1.54) is 0 Å². The Labute approximate surface area is 88.2 Å². The number of rotatable bonds is 4. The number of halogens is 1. The first kappa shape index (κ1) is 10.6. The summed E-state index contributed by atoms with van der Waals surface area (Å²) in [6.45, 7) is 5.17. The summed E-state index contributed by atoms with van der Waals surface area (Å²) in [5.74, 6) is 1.58. The maximum Gasteiger partial charge on any atom is 0.119 e. The van der Waals surface area contributed by atoms with Gasteiger partial charge in [-0.25, -0.2) is 0 Å². The lowest BCUT2D eigenvalue weighted by Crippen LogP contribution is -2.06. The SMILES string of the molecule is CCC(C)COc1ccc(Br)cc1. The molecule has 1 atom stereocenters. The van der Waals surface area contributed by atoms with Crippen LogP contribution in [-0.4, -0.2) is 6.61 Å². The van der Waals surface area contributed by atoms with Gasteiger partial charge in [0.15, 0.2) is 0 Å². The maximum absolute atomic E-state index is 5.59. The van der Waals surface area contributed by atoms with Crippen molar-refractivity contribution in [3.8, 4) is 5.75 Å². The smallest absolute Gasteiger partial charge is 0.119 e. The fourth-order valence-corrected chi connectivity index (χ4v) is 1.15. The summed E-state index contributed by atoms with van der Waals surface area (Å²) in [5, 5.41) is 0. The molecule has 72 valence electrons. The van der Waals surface area contributed by atoms with E-state index in [2.05, 4.69) is 29.8 Å². The third-order valence-corrected chi connectivity index (χ3v) is 2.57. The normalized spacial score (nSPS) is 12.5. The second kappa shape index (κ2) is 5.28. The molecule has 0 bridgehead atoms. The average molecular weight is 243 g/mol. The van der Waals surface area contributed by atoms with E-state index < -0.39 is 0 Å². The molecule has 0 aliphatic carbocycles. The van der Waals surface area contributed by atoms with Crippen LogP contribution in [0.4, 0.5) is 0 Å². The van der Waals surface area contributed by atoms with Gasteiger partial charge < -0.3 is 4.74 Å². The minimum Gasteiger partial charge on any atom is -0.493 e. The lowest BCUT2D eigenvalue weighted by Gasteiger charge is -2.10. The van der Waals surface area contributed by atoms with Gasteiger partial charge in [0, 0.05) is 4.47 Å². The first-order chi connectivity index (χ1) is 6.22. The summed E-state index contributed by atoms with van der Waals surface area (Å²) in [6.07, 6.45) is 1.16. The molecule has 0 aromatic heterocycles. The third-order valence-electron chi connectivity index (χ3n) is 2.05. The van der Waals surface area contributed by atoms with Gasteiger partial charge >= 0.3 is 0 Å². The molecule has 0 fully saturated rings. The molecule has 1 aromatic carbocycles. The number of benzene rings is 1. The van der Waals surface area contributed by atoms with E-state index in [4.69, 9.17) is 4.74 Å². The Kier molecular flexibility index (Phi) is 4.29. The van der Waals surface area contributed by atoms with Crippen molar-refractivity contribution >= 4 is 15.9 Å². The van der Waals surface area contributed by atoms with Crippen molar-refractivity contribution in [3.05, 3.63) is 28.7 Å². The van der Waals surface area contributed by atoms with Crippen LogP contribution >= 0.6 is 15.9 Å². The van der Waals surface area contributed by atoms with Crippen molar-refractivity contribution < 1.29 is 4.74 Å². The predicted molar refractivity (Wildman–Crippen MR) is 59.1 cm³/mol. The summed E-state index contributed by atoms with van der Waals surface area (Å²) >= 11 is 3.38. The Bertz CT molecular complexity index is 243. The first-order valence-corrected chi connectivity index (χ1v) is 5.40. The van der Waals surface area contributed by atoms with Crippen molar-refractivity contribution in [2.75, 3.05) is 6.61 Å². The van der Waals surface area contributed by atoms with E-state index in [1.54, 1.807) is 0 Å². The highest BCUT2D eigenvalue weighted by molar-refractivity contribution is 9.10. The van der Waals surface area contributed by atoms with Crippen LogP contribution in [0.3, 0.4) is 0 Å². The third kappa shape index (κ3) is 3.81. The highest BCUT2D eigenvalue weighted by atomic mass is 79.9. The maximum atomic E-state index is 5.59. The Balaban J connectivity index is 2.41. The van der Waals surface area contributed by atoms with Gasteiger partial charge in [0.2, 0.25) is 0 Å². The van der Waals surface area contributed by atoms with Gasteiger partial charge in [0.1, 0.15) is 5.75 Å². The second-order valence-corrected chi connectivity index (χ2v) is 4.19. The van der Waals surface area contributed by atoms with Crippen LogP contribution in [0.15, 0.2) is 28.7 Å². The van der Waals surface area contributed by atoms with Crippen LogP contribution in [0.5, 0.6) is 5.75 Å². The molecule has 0 aliphatic rings. The van der Waals surface area contributed by atoms with Crippen LogP contribution in [0.25, 0.3) is 0 Å².